The van der Waals surface area contributed by atoms with E-state index in [1.807, 2.05) is 0 Å². The molecule has 5 nitrogen and oxygen atoms in total. The summed E-state index contributed by atoms with van der Waals surface area (Å²) in [5.74, 6) is -2.46. The van der Waals surface area contributed by atoms with Crippen LogP contribution in [-0.2, 0) is 16.0 Å². The molecule has 0 aromatic heterocycles. The number of rotatable bonds is 7. The Morgan fingerprint density at radius 1 is 1.04 bits per heavy atom. The van der Waals surface area contributed by atoms with Crippen LogP contribution in [0, 0.1) is 11.6 Å². The minimum absolute atomic E-state index is 0.00597. The zero-order chi connectivity index (χ0) is 19.3. The fraction of sp³-hybridized carbons (Fsp3) is 0.263. The highest BCUT2D eigenvalue weighted by Crippen LogP contribution is 2.19. The molecule has 0 spiro atoms. The van der Waals surface area contributed by atoms with E-state index in [0.29, 0.717) is 5.56 Å². The van der Waals surface area contributed by atoms with Crippen LogP contribution in [0.5, 0.6) is 5.75 Å². The third kappa shape index (κ3) is 5.27. The molecule has 0 saturated heterocycles. The number of carboxylic acid groups (broad SMARTS) is 1. The fourth-order valence-corrected chi connectivity index (χ4v) is 2.23. The summed E-state index contributed by atoms with van der Waals surface area (Å²) in [6, 6.07) is 9.28. The number of carbonyl (C=O) groups is 2. The number of hydrogen-bond donors (Lipinski definition) is 2. The zero-order valence-electron chi connectivity index (χ0n) is 14.3. The number of amides is 1. The predicted molar refractivity (Wildman–Crippen MR) is 90.8 cm³/mol. The van der Waals surface area contributed by atoms with Crippen LogP contribution in [0.25, 0.3) is 0 Å². The van der Waals surface area contributed by atoms with Crippen molar-refractivity contribution in [2.45, 2.75) is 31.9 Å². The first-order valence-corrected chi connectivity index (χ1v) is 7.90. The number of benzene rings is 2. The molecule has 2 aromatic carbocycles. The molecule has 1 atom stereocenters. The van der Waals surface area contributed by atoms with Crippen molar-refractivity contribution >= 4 is 11.9 Å². The molecule has 0 aliphatic rings. The molecule has 7 heteroatoms. The first-order chi connectivity index (χ1) is 12.2. The highest BCUT2D eigenvalue weighted by Gasteiger charge is 2.33. The molecule has 0 saturated carbocycles. The third-order valence-electron chi connectivity index (χ3n) is 3.69. The van der Waals surface area contributed by atoms with Crippen LogP contribution in [-0.4, -0.2) is 28.6 Å². The lowest BCUT2D eigenvalue weighted by Crippen LogP contribution is -2.52. The standard InChI is InChI=1S/C19H19F2NO4/c1-19(2,26-15-9-7-14(21)8-10-15)18(25)22-16(17(23)24)11-12-3-5-13(20)6-4-12/h3-10,16H,11H2,1-2H3,(H,22,25)(H,23,24). The van der Waals surface area contributed by atoms with Gasteiger partial charge in [-0.05, 0) is 55.8 Å². The second-order valence-electron chi connectivity index (χ2n) is 6.26. The second-order valence-corrected chi connectivity index (χ2v) is 6.26. The molecular weight excluding hydrogens is 344 g/mol. The quantitative estimate of drug-likeness (QED) is 0.793. The molecule has 0 aliphatic heterocycles. The van der Waals surface area contributed by atoms with E-state index in [9.17, 15) is 23.5 Å². The van der Waals surface area contributed by atoms with E-state index in [0.717, 1.165) is 0 Å². The number of hydrogen-bond acceptors (Lipinski definition) is 3. The summed E-state index contributed by atoms with van der Waals surface area (Å²) in [6.45, 7) is 2.95. The summed E-state index contributed by atoms with van der Waals surface area (Å²) in [5.41, 5.74) is -0.815. The molecule has 26 heavy (non-hydrogen) atoms. The van der Waals surface area contributed by atoms with Crippen LogP contribution in [0.15, 0.2) is 48.5 Å². The van der Waals surface area contributed by atoms with Crippen LogP contribution >= 0.6 is 0 Å². The van der Waals surface area contributed by atoms with E-state index in [2.05, 4.69) is 5.32 Å². The summed E-state index contributed by atoms with van der Waals surface area (Å²) in [7, 11) is 0. The SMILES string of the molecule is CC(C)(Oc1ccc(F)cc1)C(=O)NC(Cc1ccc(F)cc1)C(=O)O. The van der Waals surface area contributed by atoms with E-state index < -0.39 is 35.2 Å². The number of aliphatic carboxylic acids is 1. The summed E-state index contributed by atoms with van der Waals surface area (Å²) in [4.78, 5) is 23.9. The average molecular weight is 363 g/mol. The Morgan fingerprint density at radius 3 is 2.04 bits per heavy atom. The van der Waals surface area contributed by atoms with Crippen molar-refractivity contribution in [3.8, 4) is 5.75 Å². The van der Waals surface area contributed by atoms with Crippen molar-refractivity contribution in [3.63, 3.8) is 0 Å². The molecule has 0 aliphatic carbocycles. The van der Waals surface area contributed by atoms with E-state index in [4.69, 9.17) is 4.74 Å². The second kappa shape index (κ2) is 7.95. The fourth-order valence-electron chi connectivity index (χ4n) is 2.23. The van der Waals surface area contributed by atoms with Gasteiger partial charge in [-0.15, -0.1) is 0 Å². The van der Waals surface area contributed by atoms with Gasteiger partial charge >= 0.3 is 5.97 Å². The van der Waals surface area contributed by atoms with E-state index >= 15 is 0 Å². The zero-order valence-corrected chi connectivity index (χ0v) is 14.3. The molecular formula is C19H19F2NO4. The molecule has 0 fully saturated rings. The molecule has 1 amide bonds. The van der Waals surface area contributed by atoms with Gasteiger partial charge in [0.15, 0.2) is 5.60 Å². The lowest BCUT2D eigenvalue weighted by Gasteiger charge is -2.27. The lowest BCUT2D eigenvalue weighted by atomic mass is 10.0. The van der Waals surface area contributed by atoms with Crippen molar-refractivity contribution in [1.82, 2.24) is 5.32 Å². The minimum Gasteiger partial charge on any atom is -0.480 e. The van der Waals surface area contributed by atoms with E-state index in [1.165, 1.54) is 62.4 Å². The van der Waals surface area contributed by atoms with E-state index in [-0.39, 0.29) is 12.2 Å². The molecule has 0 radical (unpaired) electrons. The third-order valence-corrected chi connectivity index (χ3v) is 3.69. The van der Waals surface area contributed by atoms with Gasteiger partial charge in [0, 0.05) is 6.42 Å². The van der Waals surface area contributed by atoms with Gasteiger partial charge in [0.1, 0.15) is 23.4 Å². The van der Waals surface area contributed by atoms with Crippen molar-refractivity contribution in [2.75, 3.05) is 0 Å². The largest absolute Gasteiger partial charge is 0.480 e. The summed E-state index contributed by atoms with van der Waals surface area (Å²) >= 11 is 0. The first kappa shape index (κ1) is 19.4. The van der Waals surface area contributed by atoms with Gasteiger partial charge in [0.05, 0.1) is 0 Å². The molecule has 2 N–H and O–H groups in total. The molecule has 2 aromatic rings. The number of nitrogens with one attached hydrogen (secondary N) is 1. The summed E-state index contributed by atoms with van der Waals surface area (Å²) in [6.07, 6.45) is -0.00597. The smallest absolute Gasteiger partial charge is 0.326 e. The summed E-state index contributed by atoms with van der Waals surface area (Å²) < 4.78 is 31.4. The molecule has 0 bridgehead atoms. The normalized spacial score (nSPS) is 12.3. The maximum atomic E-state index is 13.0. The van der Waals surface area contributed by atoms with Crippen molar-refractivity contribution < 1.29 is 28.2 Å². The maximum Gasteiger partial charge on any atom is 0.326 e. The highest BCUT2D eigenvalue weighted by atomic mass is 19.1. The Bertz CT molecular complexity index is 773. The maximum absolute atomic E-state index is 13.0. The van der Waals surface area contributed by atoms with Gasteiger partial charge in [-0.3, -0.25) is 4.79 Å². The summed E-state index contributed by atoms with van der Waals surface area (Å²) in [5, 5.41) is 11.8. The van der Waals surface area contributed by atoms with Gasteiger partial charge in [-0.1, -0.05) is 12.1 Å². The Balaban J connectivity index is 2.06. The average Bonchev–Trinajstić information content (AvgIpc) is 2.57. The molecule has 1 unspecified atom stereocenters. The Hall–Kier alpha value is -2.96. The Kier molecular flexibility index (Phi) is 5.92. The number of halogens is 2. The highest BCUT2D eigenvalue weighted by molar-refractivity contribution is 5.89. The van der Waals surface area contributed by atoms with Gasteiger partial charge in [-0.25, -0.2) is 13.6 Å². The number of carbonyl (C=O) groups excluding carboxylic acids is 1. The monoisotopic (exact) mass is 363 g/mol. The van der Waals surface area contributed by atoms with Crippen LogP contribution < -0.4 is 10.1 Å². The number of carboxylic acids is 1. The van der Waals surface area contributed by atoms with Crippen LogP contribution in [0.1, 0.15) is 19.4 Å². The van der Waals surface area contributed by atoms with Gasteiger partial charge < -0.3 is 15.2 Å². The Labute approximate surface area is 149 Å². The first-order valence-electron chi connectivity index (χ1n) is 7.90. The molecule has 0 heterocycles. The molecule has 2 rings (SSSR count). The van der Waals surface area contributed by atoms with Crippen LogP contribution in [0.3, 0.4) is 0 Å². The van der Waals surface area contributed by atoms with Crippen molar-refractivity contribution in [1.29, 1.82) is 0 Å². The van der Waals surface area contributed by atoms with Gasteiger partial charge in [-0.2, -0.15) is 0 Å². The molecule has 138 valence electrons. The minimum atomic E-state index is -1.38. The van der Waals surface area contributed by atoms with Crippen molar-refractivity contribution in [3.05, 3.63) is 65.7 Å². The van der Waals surface area contributed by atoms with Crippen molar-refractivity contribution in [2.24, 2.45) is 0 Å². The van der Waals surface area contributed by atoms with Crippen LogP contribution in [0.2, 0.25) is 0 Å². The number of ether oxygens (including phenoxy) is 1. The lowest BCUT2D eigenvalue weighted by molar-refractivity contribution is -0.144. The Morgan fingerprint density at radius 2 is 1.54 bits per heavy atom. The van der Waals surface area contributed by atoms with Gasteiger partial charge in [0.2, 0.25) is 0 Å². The predicted octanol–water partition coefficient (Wildman–Crippen LogP) is 2.93. The topological polar surface area (TPSA) is 75.6 Å². The van der Waals surface area contributed by atoms with E-state index in [1.54, 1.807) is 0 Å². The van der Waals surface area contributed by atoms with Gasteiger partial charge in [0.25, 0.3) is 5.91 Å². The van der Waals surface area contributed by atoms with Crippen LogP contribution in [0.4, 0.5) is 8.78 Å².